The Kier molecular flexibility index (Phi) is 11.1. The van der Waals surface area contributed by atoms with Crippen LogP contribution in [0.1, 0.15) is 25.5 Å². The number of piperazine rings is 1. The maximum Gasteiger partial charge on any atom is 0.191 e. The highest BCUT2D eigenvalue weighted by Gasteiger charge is 2.14. The van der Waals surface area contributed by atoms with Crippen LogP contribution in [0.2, 0.25) is 0 Å². The molecule has 1 fully saturated rings. The van der Waals surface area contributed by atoms with E-state index in [0.29, 0.717) is 6.54 Å². The molecule has 0 aromatic carbocycles. The summed E-state index contributed by atoms with van der Waals surface area (Å²) in [6, 6.07) is 3.85. The first-order valence-corrected chi connectivity index (χ1v) is 8.73. The van der Waals surface area contributed by atoms with E-state index in [9.17, 15) is 0 Å². The average molecular weight is 449 g/mol. The van der Waals surface area contributed by atoms with Crippen LogP contribution in [0.25, 0.3) is 0 Å². The molecule has 2 heterocycles. The van der Waals surface area contributed by atoms with E-state index in [4.69, 9.17) is 4.42 Å². The van der Waals surface area contributed by atoms with E-state index in [1.165, 1.54) is 45.7 Å². The van der Waals surface area contributed by atoms with Gasteiger partial charge in [0.25, 0.3) is 0 Å². The van der Waals surface area contributed by atoms with Crippen LogP contribution in [0.3, 0.4) is 0 Å². The molecule has 2 rings (SSSR count). The number of furan rings is 1. The lowest BCUT2D eigenvalue weighted by atomic mass is 10.2. The maximum absolute atomic E-state index is 5.30. The molecule has 0 radical (unpaired) electrons. The third kappa shape index (κ3) is 7.85. The van der Waals surface area contributed by atoms with E-state index >= 15 is 0 Å². The summed E-state index contributed by atoms with van der Waals surface area (Å²) in [7, 11) is 1.80. The minimum Gasteiger partial charge on any atom is -0.467 e. The Bertz CT molecular complexity index is 444. The first-order valence-electron chi connectivity index (χ1n) is 8.73. The van der Waals surface area contributed by atoms with E-state index in [1.807, 2.05) is 12.1 Å². The topological polar surface area (TPSA) is 56.0 Å². The van der Waals surface area contributed by atoms with Gasteiger partial charge in [0.1, 0.15) is 5.76 Å². The van der Waals surface area contributed by atoms with Gasteiger partial charge in [-0.3, -0.25) is 4.99 Å². The fraction of sp³-hybridized carbons (Fsp3) is 0.706. The van der Waals surface area contributed by atoms with Crippen molar-refractivity contribution in [1.82, 2.24) is 20.4 Å². The van der Waals surface area contributed by atoms with Crippen molar-refractivity contribution in [2.45, 2.75) is 26.3 Å². The Labute approximate surface area is 163 Å². The van der Waals surface area contributed by atoms with Crippen molar-refractivity contribution in [3.8, 4) is 0 Å². The zero-order valence-corrected chi connectivity index (χ0v) is 17.3. The summed E-state index contributed by atoms with van der Waals surface area (Å²) in [5.74, 6) is 1.75. The number of nitrogens with one attached hydrogen (secondary N) is 2. The molecule has 0 aliphatic carbocycles. The van der Waals surface area contributed by atoms with Gasteiger partial charge in [0.05, 0.1) is 12.8 Å². The van der Waals surface area contributed by atoms with E-state index in [0.717, 1.165) is 24.7 Å². The van der Waals surface area contributed by atoms with Gasteiger partial charge in [-0.25, -0.2) is 0 Å². The predicted molar refractivity (Wildman–Crippen MR) is 110 cm³/mol. The van der Waals surface area contributed by atoms with Crippen LogP contribution >= 0.6 is 24.0 Å². The number of hydrogen-bond donors (Lipinski definition) is 2. The average Bonchev–Trinajstić information content (AvgIpc) is 3.11. The molecule has 0 saturated carbocycles. The molecule has 0 unspecified atom stereocenters. The second-order valence-corrected chi connectivity index (χ2v) is 5.91. The van der Waals surface area contributed by atoms with Gasteiger partial charge >= 0.3 is 0 Å². The van der Waals surface area contributed by atoms with Crippen LogP contribution in [0.15, 0.2) is 27.8 Å². The number of nitrogens with zero attached hydrogens (tertiary/aromatic N) is 3. The molecule has 0 bridgehead atoms. The second kappa shape index (κ2) is 12.5. The molecule has 6 nitrogen and oxygen atoms in total. The van der Waals surface area contributed by atoms with Gasteiger partial charge in [-0.1, -0.05) is 6.92 Å². The summed E-state index contributed by atoms with van der Waals surface area (Å²) in [6.45, 7) is 11.1. The van der Waals surface area contributed by atoms with Gasteiger partial charge in [-0.05, 0) is 38.1 Å². The van der Waals surface area contributed by atoms with Crippen molar-refractivity contribution in [3.63, 3.8) is 0 Å². The first-order chi connectivity index (χ1) is 11.3. The molecule has 1 aromatic heterocycles. The lowest BCUT2D eigenvalue weighted by molar-refractivity contribution is 0.136. The Morgan fingerprint density at radius 3 is 2.54 bits per heavy atom. The summed E-state index contributed by atoms with van der Waals surface area (Å²) in [5.41, 5.74) is 0. The molecule has 1 aromatic rings. The minimum absolute atomic E-state index is 0. The number of halogens is 1. The quantitative estimate of drug-likeness (QED) is 0.275. The number of aliphatic imine (C=N–C) groups is 1. The zero-order chi connectivity index (χ0) is 16.3. The third-order valence-electron chi connectivity index (χ3n) is 4.34. The fourth-order valence-electron chi connectivity index (χ4n) is 2.80. The minimum atomic E-state index is 0. The molecule has 1 aliphatic rings. The van der Waals surface area contributed by atoms with Gasteiger partial charge in [-0.15, -0.1) is 24.0 Å². The van der Waals surface area contributed by atoms with Gasteiger partial charge in [0.2, 0.25) is 0 Å². The van der Waals surface area contributed by atoms with Crippen LogP contribution < -0.4 is 10.6 Å². The molecular formula is C17H32IN5O. The summed E-state index contributed by atoms with van der Waals surface area (Å²) in [4.78, 5) is 9.33. The van der Waals surface area contributed by atoms with Gasteiger partial charge in [-0.2, -0.15) is 0 Å². The molecule has 0 amide bonds. The monoisotopic (exact) mass is 449 g/mol. The van der Waals surface area contributed by atoms with E-state index < -0.39 is 0 Å². The van der Waals surface area contributed by atoms with Crippen molar-refractivity contribution in [2.75, 3.05) is 52.9 Å². The molecule has 7 heteroatoms. The SMILES string of the molecule is CCN1CCN(CCCCNC(=NC)NCc2ccco2)CC1.I. The molecule has 24 heavy (non-hydrogen) atoms. The highest BCUT2D eigenvalue weighted by molar-refractivity contribution is 14.0. The number of guanidine groups is 1. The van der Waals surface area contributed by atoms with Gasteiger partial charge in [0, 0.05) is 39.8 Å². The van der Waals surface area contributed by atoms with Crippen molar-refractivity contribution >= 4 is 29.9 Å². The lowest BCUT2D eigenvalue weighted by Gasteiger charge is -2.34. The summed E-state index contributed by atoms with van der Waals surface area (Å²) in [6.07, 6.45) is 4.08. The van der Waals surface area contributed by atoms with Crippen molar-refractivity contribution < 1.29 is 4.42 Å². The number of hydrogen-bond acceptors (Lipinski definition) is 4. The standard InChI is InChI=1S/C17H31N5O.HI/c1-3-21-10-12-22(13-11-21)9-5-4-8-19-17(18-2)20-15-16-7-6-14-23-16;/h6-7,14H,3-5,8-13,15H2,1-2H3,(H2,18,19,20);1H. The van der Waals surface area contributed by atoms with Gasteiger partial charge in [0.15, 0.2) is 5.96 Å². The molecule has 138 valence electrons. The number of likely N-dealkylation sites (N-methyl/N-ethyl adjacent to an activating group) is 1. The van der Waals surface area contributed by atoms with Crippen molar-refractivity contribution in [2.24, 2.45) is 4.99 Å². The van der Waals surface area contributed by atoms with Gasteiger partial charge < -0.3 is 24.9 Å². The van der Waals surface area contributed by atoms with Crippen LogP contribution in [-0.4, -0.2) is 68.6 Å². The lowest BCUT2D eigenvalue weighted by Crippen LogP contribution is -2.46. The highest BCUT2D eigenvalue weighted by atomic mass is 127. The fourth-order valence-corrected chi connectivity index (χ4v) is 2.80. The van der Waals surface area contributed by atoms with Crippen LogP contribution in [0.4, 0.5) is 0 Å². The number of rotatable bonds is 8. The third-order valence-corrected chi connectivity index (χ3v) is 4.34. The normalized spacial score (nSPS) is 16.7. The van der Waals surface area contributed by atoms with Crippen molar-refractivity contribution in [1.29, 1.82) is 0 Å². The maximum atomic E-state index is 5.30. The molecular weight excluding hydrogens is 417 g/mol. The Hall–Kier alpha value is -0.800. The van der Waals surface area contributed by atoms with Crippen LogP contribution in [0, 0.1) is 0 Å². The predicted octanol–water partition coefficient (Wildman–Crippen LogP) is 1.98. The molecule has 1 saturated heterocycles. The van der Waals surface area contributed by atoms with Crippen LogP contribution in [-0.2, 0) is 6.54 Å². The molecule has 2 N–H and O–H groups in total. The Morgan fingerprint density at radius 2 is 1.92 bits per heavy atom. The first kappa shape index (κ1) is 21.2. The Morgan fingerprint density at radius 1 is 1.17 bits per heavy atom. The summed E-state index contributed by atoms with van der Waals surface area (Å²) in [5, 5.41) is 6.61. The van der Waals surface area contributed by atoms with E-state index in [2.05, 4.69) is 32.3 Å². The molecule has 0 spiro atoms. The Balaban J connectivity index is 0.00000288. The molecule has 1 aliphatic heterocycles. The summed E-state index contributed by atoms with van der Waals surface area (Å²) < 4.78 is 5.30. The number of unbranched alkanes of at least 4 members (excludes halogenated alkanes) is 1. The summed E-state index contributed by atoms with van der Waals surface area (Å²) >= 11 is 0. The van der Waals surface area contributed by atoms with E-state index in [-0.39, 0.29) is 24.0 Å². The molecule has 0 atom stereocenters. The zero-order valence-electron chi connectivity index (χ0n) is 15.0. The largest absolute Gasteiger partial charge is 0.467 e. The highest BCUT2D eigenvalue weighted by Crippen LogP contribution is 2.03. The smallest absolute Gasteiger partial charge is 0.191 e. The van der Waals surface area contributed by atoms with Crippen molar-refractivity contribution in [3.05, 3.63) is 24.2 Å². The second-order valence-electron chi connectivity index (χ2n) is 5.91. The van der Waals surface area contributed by atoms with E-state index in [1.54, 1.807) is 13.3 Å². The van der Waals surface area contributed by atoms with Crippen LogP contribution in [0.5, 0.6) is 0 Å².